The monoisotopic (exact) mass is 348 g/mol. The standard InChI is InChI=1S/C22H24N2O2/c1-15(16-6-3-2-4-7-16)24-14-19(13-21(24)25)22(26)23-20-11-10-17-8-5-9-18(17)12-20/h2-4,6-7,10-12,15,19H,5,8-9,13-14H2,1H3,(H,23,26)/t15-,19+/m1/s1. The molecule has 0 bridgehead atoms. The summed E-state index contributed by atoms with van der Waals surface area (Å²) in [5, 5.41) is 3.02. The van der Waals surface area contributed by atoms with Gasteiger partial charge in [0, 0.05) is 18.7 Å². The maximum atomic E-state index is 12.7. The first-order valence-electron chi connectivity index (χ1n) is 9.39. The zero-order valence-electron chi connectivity index (χ0n) is 15.1. The number of carbonyl (C=O) groups excluding carboxylic acids is 2. The second kappa shape index (κ2) is 6.94. The number of fused-ring (bicyclic) bond motifs is 1. The first kappa shape index (κ1) is 16.8. The van der Waals surface area contributed by atoms with Crippen molar-refractivity contribution in [2.45, 2.75) is 38.6 Å². The van der Waals surface area contributed by atoms with E-state index in [0.29, 0.717) is 6.54 Å². The van der Waals surface area contributed by atoms with Crippen molar-refractivity contribution < 1.29 is 9.59 Å². The summed E-state index contributed by atoms with van der Waals surface area (Å²) in [6.07, 6.45) is 3.69. The van der Waals surface area contributed by atoms with Gasteiger partial charge in [0.25, 0.3) is 0 Å². The molecule has 4 nitrogen and oxygen atoms in total. The normalized spacial score (nSPS) is 20.1. The van der Waals surface area contributed by atoms with E-state index in [1.807, 2.05) is 48.2 Å². The number of aryl methyl sites for hydroxylation is 2. The second-order valence-electron chi connectivity index (χ2n) is 7.36. The zero-order valence-corrected chi connectivity index (χ0v) is 15.1. The Kier molecular flexibility index (Phi) is 4.49. The third kappa shape index (κ3) is 3.24. The number of benzene rings is 2. The Labute approximate surface area is 154 Å². The minimum Gasteiger partial charge on any atom is -0.335 e. The molecule has 1 heterocycles. The van der Waals surface area contributed by atoms with Gasteiger partial charge in [0.05, 0.1) is 12.0 Å². The first-order valence-corrected chi connectivity index (χ1v) is 9.39. The quantitative estimate of drug-likeness (QED) is 0.915. The average molecular weight is 348 g/mol. The Balaban J connectivity index is 1.42. The largest absolute Gasteiger partial charge is 0.335 e. The molecular weight excluding hydrogens is 324 g/mol. The molecule has 2 aromatic rings. The number of nitrogens with one attached hydrogen (secondary N) is 1. The van der Waals surface area contributed by atoms with Crippen LogP contribution in [0.25, 0.3) is 0 Å². The molecule has 0 spiro atoms. The van der Waals surface area contributed by atoms with Crippen molar-refractivity contribution in [2.75, 3.05) is 11.9 Å². The Hall–Kier alpha value is -2.62. The van der Waals surface area contributed by atoms with Crippen LogP contribution < -0.4 is 5.32 Å². The number of nitrogens with zero attached hydrogens (tertiary/aromatic N) is 1. The third-order valence-electron chi connectivity index (χ3n) is 5.64. The summed E-state index contributed by atoms with van der Waals surface area (Å²) in [7, 11) is 0. The lowest BCUT2D eigenvalue weighted by Gasteiger charge is -2.25. The van der Waals surface area contributed by atoms with E-state index in [-0.39, 0.29) is 30.2 Å². The maximum absolute atomic E-state index is 12.7. The van der Waals surface area contributed by atoms with E-state index in [1.165, 1.54) is 17.5 Å². The molecule has 2 amide bonds. The topological polar surface area (TPSA) is 49.4 Å². The predicted molar refractivity (Wildman–Crippen MR) is 102 cm³/mol. The first-order chi connectivity index (χ1) is 12.6. The number of likely N-dealkylation sites (tertiary alicyclic amines) is 1. The fraction of sp³-hybridized carbons (Fsp3) is 0.364. The van der Waals surface area contributed by atoms with Crippen LogP contribution in [-0.4, -0.2) is 23.3 Å². The SMILES string of the molecule is C[C@H](c1ccccc1)N1C[C@@H](C(=O)Nc2ccc3c(c2)CCC3)CC1=O. The highest BCUT2D eigenvalue weighted by Crippen LogP contribution is 2.30. The van der Waals surface area contributed by atoms with Crippen LogP contribution in [-0.2, 0) is 22.4 Å². The maximum Gasteiger partial charge on any atom is 0.229 e. The molecule has 2 aliphatic rings. The van der Waals surface area contributed by atoms with Crippen LogP contribution in [0.1, 0.15) is 42.5 Å². The van der Waals surface area contributed by atoms with Crippen molar-refractivity contribution in [1.82, 2.24) is 4.90 Å². The highest BCUT2D eigenvalue weighted by Gasteiger charge is 2.37. The third-order valence-corrected chi connectivity index (χ3v) is 5.64. The summed E-state index contributed by atoms with van der Waals surface area (Å²) in [6, 6.07) is 16.1. The lowest BCUT2D eigenvalue weighted by atomic mass is 10.1. The van der Waals surface area contributed by atoms with Crippen molar-refractivity contribution in [3.05, 3.63) is 65.2 Å². The second-order valence-corrected chi connectivity index (χ2v) is 7.36. The van der Waals surface area contributed by atoms with Crippen LogP contribution in [0.2, 0.25) is 0 Å². The summed E-state index contributed by atoms with van der Waals surface area (Å²) in [4.78, 5) is 27.0. The summed E-state index contributed by atoms with van der Waals surface area (Å²) >= 11 is 0. The molecule has 1 aliphatic heterocycles. The van der Waals surface area contributed by atoms with Gasteiger partial charge in [0.15, 0.2) is 0 Å². The van der Waals surface area contributed by atoms with Gasteiger partial charge in [0.2, 0.25) is 11.8 Å². The number of anilines is 1. The summed E-state index contributed by atoms with van der Waals surface area (Å²) in [5.74, 6) is -0.295. The van der Waals surface area contributed by atoms with E-state index in [1.54, 1.807) is 0 Å². The lowest BCUT2D eigenvalue weighted by molar-refractivity contribution is -0.129. The van der Waals surface area contributed by atoms with Crippen LogP contribution in [0, 0.1) is 5.92 Å². The van der Waals surface area contributed by atoms with Gasteiger partial charge in [-0.3, -0.25) is 9.59 Å². The molecular formula is C22H24N2O2. The van der Waals surface area contributed by atoms with E-state index in [0.717, 1.165) is 24.1 Å². The van der Waals surface area contributed by atoms with Gasteiger partial charge in [-0.05, 0) is 55.0 Å². The molecule has 2 aromatic carbocycles. The van der Waals surface area contributed by atoms with Gasteiger partial charge in [-0.25, -0.2) is 0 Å². The molecule has 1 aliphatic carbocycles. The summed E-state index contributed by atoms with van der Waals surface area (Å²) < 4.78 is 0. The van der Waals surface area contributed by atoms with E-state index in [4.69, 9.17) is 0 Å². The highest BCUT2D eigenvalue weighted by molar-refractivity contribution is 5.97. The molecule has 1 saturated heterocycles. The van der Waals surface area contributed by atoms with Crippen LogP contribution in [0.15, 0.2) is 48.5 Å². The van der Waals surface area contributed by atoms with Gasteiger partial charge in [-0.15, -0.1) is 0 Å². The average Bonchev–Trinajstić information content (AvgIpc) is 3.28. The molecule has 2 atom stereocenters. The molecule has 1 fully saturated rings. The molecule has 0 aromatic heterocycles. The van der Waals surface area contributed by atoms with Gasteiger partial charge in [0.1, 0.15) is 0 Å². The van der Waals surface area contributed by atoms with Gasteiger partial charge in [-0.1, -0.05) is 36.4 Å². The summed E-state index contributed by atoms with van der Waals surface area (Å²) in [5.41, 5.74) is 4.67. The fourth-order valence-electron chi connectivity index (χ4n) is 4.09. The molecule has 1 N–H and O–H groups in total. The number of hydrogen-bond donors (Lipinski definition) is 1. The smallest absolute Gasteiger partial charge is 0.229 e. The van der Waals surface area contributed by atoms with E-state index >= 15 is 0 Å². The molecule has 134 valence electrons. The van der Waals surface area contributed by atoms with Gasteiger partial charge < -0.3 is 10.2 Å². The molecule has 0 saturated carbocycles. The molecule has 26 heavy (non-hydrogen) atoms. The molecule has 4 rings (SSSR count). The van der Waals surface area contributed by atoms with E-state index in [9.17, 15) is 9.59 Å². The molecule has 4 heteroatoms. The van der Waals surface area contributed by atoms with Crippen LogP contribution in [0.5, 0.6) is 0 Å². The number of carbonyl (C=O) groups is 2. The Morgan fingerprint density at radius 3 is 2.69 bits per heavy atom. The van der Waals surface area contributed by atoms with E-state index < -0.39 is 0 Å². The Morgan fingerprint density at radius 1 is 1.12 bits per heavy atom. The summed E-state index contributed by atoms with van der Waals surface area (Å²) in [6.45, 7) is 2.50. The Bertz CT molecular complexity index is 831. The predicted octanol–water partition coefficient (Wildman–Crippen LogP) is 3.72. The minimum atomic E-state index is -0.290. The van der Waals surface area contributed by atoms with Crippen molar-refractivity contribution in [3.8, 4) is 0 Å². The van der Waals surface area contributed by atoms with Gasteiger partial charge >= 0.3 is 0 Å². The highest BCUT2D eigenvalue weighted by atomic mass is 16.2. The van der Waals surface area contributed by atoms with Crippen LogP contribution in [0.4, 0.5) is 5.69 Å². The molecule has 0 radical (unpaired) electrons. The lowest BCUT2D eigenvalue weighted by Crippen LogP contribution is -2.30. The van der Waals surface area contributed by atoms with E-state index in [2.05, 4.69) is 17.4 Å². The van der Waals surface area contributed by atoms with Crippen molar-refractivity contribution >= 4 is 17.5 Å². The zero-order chi connectivity index (χ0) is 18.1. The van der Waals surface area contributed by atoms with Gasteiger partial charge in [-0.2, -0.15) is 0 Å². The Morgan fingerprint density at radius 2 is 1.88 bits per heavy atom. The van der Waals surface area contributed by atoms with Crippen molar-refractivity contribution in [2.24, 2.45) is 5.92 Å². The van der Waals surface area contributed by atoms with Crippen molar-refractivity contribution in [3.63, 3.8) is 0 Å². The van der Waals surface area contributed by atoms with Crippen LogP contribution >= 0.6 is 0 Å². The molecule has 0 unspecified atom stereocenters. The fourth-order valence-corrected chi connectivity index (χ4v) is 4.09. The van der Waals surface area contributed by atoms with Crippen LogP contribution in [0.3, 0.4) is 0 Å². The number of hydrogen-bond acceptors (Lipinski definition) is 2. The van der Waals surface area contributed by atoms with Crippen molar-refractivity contribution in [1.29, 1.82) is 0 Å². The number of amides is 2. The number of rotatable bonds is 4. The minimum absolute atomic E-state index is 0.0125.